The molecular weight excluding hydrogens is 242 g/mol. The monoisotopic (exact) mass is 261 g/mol. The van der Waals surface area contributed by atoms with E-state index in [2.05, 4.69) is 10.6 Å². The maximum absolute atomic E-state index is 12.2. The van der Waals surface area contributed by atoms with E-state index in [4.69, 9.17) is 5.73 Å². The highest BCUT2D eigenvalue weighted by atomic mass is 16.2. The Morgan fingerprint density at radius 3 is 2.58 bits per heavy atom. The SMILES string of the molecule is CC1NCCCC1C(=O)Nc1ccc(C(N)=O)cc1. The first-order valence-electron chi connectivity index (χ1n) is 6.52. The fraction of sp³-hybridized carbons (Fsp3) is 0.429. The van der Waals surface area contributed by atoms with Crippen molar-refractivity contribution in [1.82, 2.24) is 5.32 Å². The topological polar surface area (TPSA) is 84.2 Å². The molecule has 0 saturated carbocycles. The van der Waals surface area contributed by atoms with Crippen LogP contribution in [0.2, 0.25) is 0 Å². The number of nitrogens with two attached hydrogens (primary N) is 1. The van der Waals surface area contributed by atoms with Crippen molar-refractivity contribution in [2.45, 2.75) is 25.8 Å². The molecule has 1 fully saturated rings. The normalized spacial score (nSPS) is 22.8. The van der Waals surface area contributed by atoms with Crippen molar-refractivity contribution in [3.8, 4) is 0 Å². The van der Waals surface area contributed by atoms with Crippen LogP contribution in [0.4, 0.5) is 5.69 Å². The summed E-state index contributed by atoms with van der Waals surface area (Å²) in [5.74, 6) is -0.459. The van der Waals surface area contributed by atoms with E-state index in [1.165, 1.54) is 0 Å². The van der Waals surface area contributed by atoms with Crippen LogP contribution in [0, 0.1) is 5.92 Å². The molecule has 5 heteroatoms. The lowest BCUT2D eigenvalue weighted by Gasteiger charge is -2.28. The third-order valence-electron chi connectivity index (χ3n) is 3.54. The average Bonchev–Trinajstić information content (AvgIpc) is 2.39. The summed E-state index contributed by atoms with van der Waals surface area (Å²) in [4.78, 5) is 23.1. The lowest BCUT2D eigenvalue weighted by atomic mass is 9.91. The van der Waals surface area contributed by atoms with Crippen molar-refractivity contribution in [3.63, 3.8) is 0 Å². The van der Waals surface area contributed by atoms with Crippen LogP contribution in [-0.4, -0.2) is 24.4 Å². The molecule has 1 aromatic carbocycles. The molecule has 0 radical (unpaired) electrons. The van der Waals surface area contributed by atoms with Gasteiger partial charge < -0.3 is 16.4 Å². The predicted molar refractivity (Wildman–Crippen MR) is 73.8 cm³/mol. The fourth-order valence-corrected chi connectivity index (χ4v) is 2.35. The van der Waals surface area contributed by atoms with Crippen molar-refractivity contribution in [2.75, 3.05) is 11.9 Å². The molecule has 0 bridgehead atoms. The Morgan fingerprint density at radius 2 is 2.00 bits per heavy atom. The first-order valence-corrected chi connectivity index (χ1v) is 6.52. The van der Waals surface area contributed by atoms with Crippen molar-refractivity contribution < 1.29 is 9.59 Å². The third-order valence-corrected chi connectivity index (χ3v) is 3.54. The highest BCUT2D eigenvalue weighted by Gasteiger charge is 2.27. The van der Waals surface area contributed by atoms with Crippen molar-refractivity contribution in [2.24, 2.45) is 11.7 Å². The lowest BCUT2D eigenvalue weighted by Crippen LogP contribution is -2.44. The zero-order chi connectivity index (χ0) is 13.8. The van der Waals surface area contributed by atoms with Crippen molar-refractivity contribution >= 4 is 17.5 Å². The maximum atomic E-state index is 12.2. The van der Waals surface area contributed by atoms with Gasteiger partial charge in [-0.2, -0.15) is 0 Å². The number of primary amides is 1. The zero-order valence-corrected chi connectivity index (χ0v) is 11.0. The lowest BCUT2D eigenvalue weighted by molar-refractivity contribution is -0.121. The number of carbonyl (C=O) groups is 2. The number of hydrogen-bond acceptors (Lipinski definition) is 3. The third kappa shape index (κ3) is 3.32. The second-order valence-electron chi connectivity index (χ2n) is 4.92. The van der Waals surface area contributed by atoms with Gasteiger partial charge in [0.25, 0.3) is 0 Å². The standard InChI is InChI=1S/C14H19N3O2/c1-9-12(3-2-8-16-9)14(19)17-11-6-4-10(5-7-11)13(15)18/h4-7,9,12,16H,2-3,8H2,1H3,(H2,15,18)(H,17,19). The van der Waals surface area contributed by atoms with Crippen LogP contribution < -0.4 is 16.4 Å². The minimum atomic E-state index is -0.469. The van der Waals surface area contributed by atoms with Crippen LogP contribution in [0.25, 0.3) is 0 Å². The molecule has 0 aromatic heterocycles. The molecule has 1 aromatic rings. The molecule has 1 saturated heterocycles. The summed E-state index contributed by atoms with van der Waals surface area (Å²) in [6, 6.07) is 6.80. The van der Waals surface area contributed by atoms with Crippen LogP contribution in [0.3, 0.4) is 0 Å². The number of carbonyl (C=O) groups excluding carboxylic acids is 2. The van der Waals surface area contributed by atoms with Gasteiger partial charge in [0, 0.05) is 17.3 Å². The number of nitrogens with one attached hydrogen (secondary N) is 2. The Balaban J connectivity index is 2.00. The maximum Gasteiger partial charge on any atom is 0.248 e. The molecule has 5 nitrogen and oxygen atoms in total. The summed E-state index contributed by atoms with van der Waals surface area (Å²) >= 11 is 0. The minimum absolute atomic E-state index is 0.00966. The quantitative estimate of drug-likeness (QED) is 0.762. The highest BCUT2D eigenvalue weighted by Crippen LogP contribution is 2.19. The summed E-state index contributed by atoms with van der Waals surface area (Å²) in [5.41, 5.74) is 6.29. The van der Waals surface area contributed by atoms with Crippen molar-refractivity contribution in [1.29, 1.82) is 0 Å². The van der Waals surface area contributed by atoms with Gasteiger partial charge in [0.2, 0.25) is 11.8 Å². The van der Waals surface area contributed by atoms with E-state index in [1.807, 2.05) is 6.92 Å². The van der Waals surface area contributed by atoms with Gasteiger partial charge in [-0.25, -0.2) is 0 Å². The molecule has 2 amide bonds. The number of anilines is 1. The number of rotatable bonds is 3. The molecule has 1 aliphatic heterocycles. The van der Waals surface area contributed by atoms with Gasteiger partial charge in [-0.15, -0.1) is 0 Å². The number of piperidine rings is 1. The number of hydrogen-bond donors (Lipinski definition) is 3. The van der Waals surface area contributed by atoms with Crippen LogP contribution >= 0.6 is 0 Å². The van der Waals surface area contributed by atoms with Crippen LogP contribution in [-0.2, 0) is 4.79 Å². The molecule has 102 valence electrons. The molecule has 2 atom stereocenters. The Labute approximate surface area is 112 Å². The van der Waals surface area contributed by atoms with Crippen LogP contribution in [0.5, 0.6) is 0 Å². The Morgan fingerprint density at radius 1 is 1.32 bits per heavy atom. The summed E-state index contributed by atoms with van der Waals surface area (Å²) < 4.78 is 0. The molecule has 1 heterocycles. The Bertz CT molecular complexity index is 470. The number of amides is 2. The van der Waals surface area contributed by atoms with E-state index >= 15 is 0 Å². The first-order chi connectivity index (χ1) is 9.08. The smallest absolute Gasteiger partial charge is 0.248 e. The zero-order valence-electron chi connectivity index (χ0n) is 11.0. The molecule has 0 aliphatic carbocycles. The summed E-state index contributed by atoms with van der Waals surface area (Å²) in [7, 11) is 0. The van der Waals surface area contributed by atoms with Gasteiger partial charge in [0.05, 0.1) is 5.92 Å². The van der Waals surface area contributed by atoms with Crippen LogP contribution in [0.1, 0.15) is 30.1 Å². The van der Waals surface area contributed by atoms with E-state index in [1.54, 1.807) is 24.3 Å². The molecule has 19 heavy (non-hydrogen) atoms. The highest BCUT2D eigenvalue weighted by molar-refractivity contribution is 5.95. The minimum Gasteiger partial charge on any atom is -0.366 e. The summed E-state index contributed by atoms with van der Waals surface area (Å²) in [6.07, 6.45) is 1.92. The van der Waals surface area contributed by atoms with Gasteiger partial charge in [-0.3, -0.25) is 9.59 Å². The van der Waals surface area contributed by atoms with E-state index in [0.29, 0.717) is 11.3 Å². The second kappa shape index (κ2) is 5.84. The molecular formula is C14H19N3O2. The fourth-order valence-electron chi connectivity index (χ4n) is 2.35. The summed E-state index contributed by atoms with van der Waals surface area (Å²) in [6.45, 7) is 3.00. The van der Waals surface area contributed by atoms with Gasteiger partial charge in [0.15, 0.2) is 0 Å². The Kier molecular flexibility index (Phi) is 4.16. The average molecular weight is 261 g/mol. The second-order valence-corrected chi connectivity index (χ2v) is 4.92. The van der Waals surface area contributed by atoms with Gasteiger partial charge in [-0.05, 0) is 50.6 Å². The van der Waals surface area contributed by atoms with E-state index in [0.717, 1.165) is 19.4 Å². The van der Waals surface area contributed by atoms with Crippen LogP contribution in [0.15, 0.2) is 24.3 Å². The Hall–Kier alpha value is -1.88. The molecule has 2 rings (SSSR count). The summed E-state index contributed by atoms with van der Waals surface area (Å²) in [5, 5.41) is 6.18. The van der Waals surface area contributed by atoms with Gasteiger partial charge in [0.1, 0.15) is 0 Å². The predicted octanol–water partition coefficient (Wildman–Crippen LogP) is 1.11. The molecule has 0 spiro atoms. The van der Waals surface area contributed by atoms with Gasteiger partial charge in [-0.1, -0.05) is 0 Å². The van der Waals surface area contributed by atoms with Gasteiger partial charge >= 0.3 is 0 Å². The molecule has 2 unspecified atom stereocenters. The first kappa shape index (κ1) is 13.5. The van der Waals surface area contributed by atoms with E-state index in [-0.39, 0.29) is 17.9 Å². The van der Waals surface area contributed by atoms with Crippen molar-refractivity contribution in [3.05, 3.63) is 29.8 Å². The van der Waals surface area contributed by atoms with E-state index in [9.17, 15) is 9.59 Å². The largest absolute Gasteiger partial charge is 0.366 e. The molecule has 1 aliphatic rings. The van der Waals surface area contributed by atoms with E-state index < -0.39 is 5.91 Å². The number of benzene rings is 1. The molecule has 4 N–H and O–H groups in total.